The van der Waals surface area contributed by atoms with E-state index >= 15 is 0 Å². The third kappa shape index (κ3) is 4.62. The first-order chi connectivity index (χ1) is 18.2. The summed E-state index contributed by atoms with van der Waals surface area (Å²) in [5, 5.41) is 3.07. The van der Waals surface area contributed by atoms with Gasteiger partial charge in [0.2, 0.25) is 11.8 Å². The van der Waals surface area contributed by atoms with Crippen molar-refractivity contribution < 1.29 is 14.4 Å². The van der Waals surface area contributed by atoms with Gasteiger partial charge < -0.3 is 15.1 Å². The van der Waals surface area contributed by atoms with E-state index in [2.05, 4.69) is 10.3 Å². The minimum atomic E-state index is -0.959. The molecule has 0 bridgehead atoms. The number of carbonyl (C=O) groups excluding carboxylic acids is 3. The van der Waals surface area contributed by atoms with E-state index in [1.807, 2.05) is 81.7 Å². The maximum atomic E-state index is 14.0. The molecule has 0 radical (unpaired) electrons. The SMILES string of the molecule is Cc1ncsc1-c1ccc(CNC(=O)C2(C)CCCN2C(=O)[C@H](C(C)C)N2Cc3ccccc3C2=O)cc1. The predicted molar refractivity (Wildman–Crippen MR) is 148 cm³/mol. The molecule has 2 aliphatic rings. The summed E-state index contributed by atoms with van der Waals surface area (Å²) in [6.07, 6.45) is 1.34. The number of fused-ring (bicyclic) bond motifs is 1. The third-order valence-electron chi connectivity index (χ3n) is 7.88. The lowest BCUT2D eigenvalue weighted by Gasteiger charge is -2.39. The topological polar surface area (TPSA) is 82.6 Å². The van der Waals surface area contributed by atoms with Crippen LogP contribution in [0.4, 0.5) is 0 Å². The lowest BCUT2D eigenvalue weighted by atomic mass is 9.94. The van der Waals surface area contributed by atoms with E-state index in [0.29, 0.717) is 31.6 Å². The fourth-order valence-electron chi connectivity index (χ4n) is 5.72. The minimum Gasteiger partial charge on any atom is -0.350 e. The Morgan fingerprint density at radius 3 is 2.53 bits per heavy atom. The highest BCUT2D eigenvalue weighted by molar-refractivity contribution is 7.13. The van der Waals surface area contributed by atoms with Gasteiger partial charge in [-0.3, -0.25) is 14.4 Å². The number of nitrogens with zero attached hydrogens (tertiary/aromatic N) is 3. The number of likely N-dealkylation sites (tertiary alicyclic amines) is 1. The highest BCUT2D eigenvalue weighted by atomic mass is 32.1. The Morgan fingerprint density at radius 2 is 1.87 bits per heavy atom. The first kappa shape index (κ1) is 26.1. The van der Waals surface area contributed by atoms with Crippen LogP contribution in [0.2, 0.25) is 0 Å². The van der Waals surface area contributed by atoms with Gasteiger partial charge in [-0.05, 0) is 55.4 Å². The number of hydrogen-bond acceptors (Lipinski definition) is 5. The number of amides is 3. The molecule has 3 heterocycles. The van der Waals surface area contributed by atoms with Crippen LogP contribution in [0.25, 0.3) is 10.4 Å². The van der Waals surface area contributed by atoms with Crippen LogP contribution in [-0.4, -0.2) is 50.6 Å². The second-order valence-corrected chi connectivity index (χ2v) is 11.6. The first-order valence-corrected chi connectivity index (χ1v) is 14.1. The van der Waals surface area contributed by atoms with E-state index in [-0.39, 0.29) is 23.6 Å². The second kappa shape index (κ2) is 10.3. The molecule has 1 fully saturated rings. The van der Waals surface area contributed by atoms with Crippen molar-refractivity contribution in [2.75, 3.05) is 6.54 Å². The molecule has 0 spiro atoms. The van der Waals surface area contributed by atoms with Crippen LogP contribution in [0.5, 0.6) is 0 Å². The third-order valence-corrected chi connectivity index (χ3v) is 8.86. The molecule has 3 aromatic rings. The van der Waals surface area contributed by atoms with Gasteiger partial charge in [0.05, 0.1) is 16.1 Å². The molecule has 5 rings (SSSR count). The number of nitrogens with one attached hydrogen (secondary N) is 1. The Labute approximate surface area is 227 Å². The second-order valence-electron chi connectivity index (χ2n) is 10.8. The first-order valence-electron chi connectivity index (χ1n) is 13.2. The van der Waals surface area contributed by atoms with Crippen molar-refractivity contribution in [3.05, 3.63) is 76.4 Å². The quantitative estimate of drug-likeness (QED) is 0.476. The molecule has 2 aromatic carbocycles. The molecule has 1 unspecified atom stereocenters. The summed E-state index contributed by atoms with van der Waals surface area (Å²) in [5.74, 6) is -0.519. The molecule has 8 heteroatoms. The van der Waals surface area contributed by atoms with Gasteiger partial charge in [-0.1, -0.05) is 56.3 Å². The molecule has 1 aromatic heterocycles. The molecule has 3 amide bonds. The fraction of sp³-hybridized carbons (Fsp3) is 0.400. The summed E-state index contributed by atoms with van der Waals surface area (Å²) in [6, 6.07) is 15.0. The van der Waals surface area contributed by atoms with E-state index in [1.165, 1.54) is 0 Å². The lowest BCUT2D eigenvalue weighted by molar-refractivity contribution is -0.148. The fourth-order valence-corrected chi connectivity index (χ4v) is 6.53. The van der Waals surface area contributed by atoms with E-state index in [0.717, 1.165) is 33.7 Å². The average molecular weight is 531 g/mol. The highest BCUT2D eigenvalue weighted by Crippen LogP contribution is 2.34. The molecule has 2 aliphatic heterocycles. The monoisotopic (exact) mass is 530 g/mol. The summed E-state index contributed by atoms with van der Waals surface area (Å²) in [5.41, 5.74) is 5.59. The van der Waals surface area contributed by atoms with E-state index in [9.17, 15) is 14.4 Å². The average Bonchev–Trinajstić information content (AvgIpc) is 3.60. The van der Waals surface area contributed by atoms with Crippen LogP contribution in [0, 0.1) is 12.8 Å². The molecule has 2 atom stereocenters. The number of benzene rings is 2. The molecule has 1 N–H and O–H groups in total. The molecule has 1 saturated heterocycles. The Morgan fingerprint density at radius 1 is 1.13 bits per heavy atom. The van der Waals surface area contributed by atoms with Crippen molar-refractivity contribution in [2.45, 2.75) is 65.2 Å². The maximum absolute atomic E-state index is 14.0. The van der Waals surface area contributed by atoms with Crippen LogP contribution in [-0.2, 0) is 22.7 Å². The number of carbonyl (C=O) groups is 3. The van der Waals surface area contributed by atoms with Gasteiger partial charge in [-0.2, -0.15) is 0 Å². The number of aromatic nitrogens is 1. The summed E-state index contributed by atoms with van der Waals surface area (Å²) < 4.78 is 0. The number of aryl methyl sites for hydroxylation is 1. The number of hydrogen-bond donors (Lipinski definition) is 1. The van der Waals surface area contributed by atoms with Crippen molar-refractivity contribution >= 4 is 29.1 Å². The van der Waals surface area contributed by atoms with E-state index in [4.69, 9.17) is 0 Å². The zero-order chi connectivity index (χ0) is 27.0. The van der Waals surface area contributed by atoms with Crippen LogP contribution < -0.4 is 5.32 Å². The standard InChI is InChI=1S/C30H34N4O3S/c1-19(2)25(33-17-23-8-5-6-9-24(23)27(33)35)28(36)34-15-7-14-30(34,4)29(37)31-16-21-10-12-22(13-11-21)26-20(3)32-18-38-26/h5-6,8-13,18-19,25H,7,14-17H2,1-4H3,(H,31,37)/t25-,30?/m0/s1. The summed E-state index contributed by atoms with van der Waals surface area (Å²) >= 11 is 1.61. The van der Waals surface area contributed by atoms with E-state index < -0.39 is 11.6 Å². The molecule has 38 heavy (non-hydrogen) atoms. The predicted octanol–water partition coefficient (Wildman–Crippen LogP) is 4.80. The number of thiazole rings is 1. The zero-order valence-electron chi connectivity index (χ0n) is 22.4. The smallest absolute Gasteiger partial charge is 0.255 e. The van der Waals surface area contributed by atoms with Gasteiger partial charge >= 0.3 is 0 Å². The van der Waals surface area contributed by atoms with Crippen molar-refractivity contribution in [2.24, 2.45) is 5.92 Å². The van der Waals surface area contributed by atoms with Crippen molar-refractivity contribution in [3.8, 4) is 10.4 Å². The van der Waals surface area contributed by atoms with Crippen molar-refractivity contribution in [1.82, 2.24) is 20.1 Å². The molecule has 0 aliphatic carbocycles. The van der Waals surface area contributed by atoms with Crippen LogP contribution in [0.15, 0.2) is 54.0 Å². The van der Waals surface area contributed by atoms with Crippen LogP contribution >= 0.6 is 11.3 Å². The Bertz CT molecular complexity index is 1370. The lowest BCUT2D eigenvalue weighted by Crippen LogP contribution is -2.60. The maximum Gasteiger partial charge on any atom is 0.255 e. The molecule has 0 saturated carbocycles. The summed E-state index contributed by atoms with van der Waals surface area (Å²) in [7, 11) is 0. The van der Waals surface area contributed by atoms with E-state index in [1.54, 1.807) is 21.1 Å². The van der Waals surface area contributed by atoms with Crippen molar-refractivity contribution in [1.29, 1.82) is 0 Å². The minimum absolute atomic E-state index is 0.0885. The number of rotatable bonds is 7. The Hall–Kier alpha value is -3.52. The normalized spacial score (nSPS) is 19.7. The van der Waals surface area contributed by atoms with Gasteiger partial charge in [-0.25, -0.2) is 4.98 Å². The Kier molecular flexibility index (Phi) is 7.09. The highest BCUT2D eigenvalue weighted by Gasteiger charge is 2.49. The Balaban J connectivity index is 1.29. The van der Waals surface area contributed by atoms with Crippen molar-refractivity contribution in [3.63, 3.8) is 0 Å². The van der Waals surface area contributed by atoms with Gasteiger partial charge in [0, 0.05) is 25.2 Å². The van der Waals surface area contributed by atoms with Crippen LogP contribution in [0.3, 0.4) is 0 Å². The summed E-state index contributed by atoms with van der Waals surface area (Å²) in [4.78, 5) is 49.6. The van der Waals surface area contributed by atoms with Gasteiger partial charge in [0.25, 0.3) is 5.91 Å². The van der Waals surface area contributed by atoms with Gasteiger partial charge in [0.1, 0.15) is 11.6 Å². The largest absolute Gasteiger partial charge is 0.350 e. The summed E-state index contributed by atoms with van der Waals surface area (Å²) in [6.45, 7) is 9.07. The molecule has 7 nitrogen and oxygen atoms in total. The molecular formula is C30H34N4O3S. The van der Waals surface area contributed by atoms with Crippen LogP contribution in [0.1, 0.15) is 60.8 Å². The molecular weight excluding hydrogens is 496 g/mol. The molecule has 198 valence electrons. The van der Waals surface area contributed by atoms with Gasteiger partial charge in [0.15, 0.2) is 0 Å². The van der Waals surface area contributed by atoms with Gasteiger partial charge in [-0.15, -0.1) is 11.3 Å². The zero-order valence-corrected chi connectivity index (χ0v) is 23.2.